The molecule has 1 heterocycles. The fourth-order valence-electron chi connectivity index (χ4n) is 12.4. The maximum absolute atomic E-state index is 13.2. The van der Waals surface area contributed by atoms with Crippen molar-refractivity contribution in [2.45, 2.75) is 416 Å². The summed E-state index contributed by atoms with van der Waals surface area (Å²) in [5, 5.41) is 55.1. The lowest BCUT2D eigenvalue weighted by atomic mass is 9.99. The average Bonchev–Trinajstić information content (AvgIpc) is 1.58. The van der Waals surface area contributed by atoms with Crippen molar-refractivity contribution in [3.8, 4) is 0 Å². The van der Waals surface area contributed by atoms with E-state index in [0.29, 0.717) is 12.8 Å². The summed E-state index contributed by atoms with van der Waals surface area (Å²) in [5.41, 5.74) is 0. The van der Waals surface area contributed by atoms with Crippen LogP contribution in [-0.4, -0.2) is 87.5 Å². The van der Waals surface area contributed by atoms with Gasteiger partial charge in [-0.3, -0.25) is 4.79 Å². The maximum atomic E-state index is 13.2. The van der Waals surface area contributed by atoms with E-state index in [0.717, 1.165) is 83.5 Å². The third-order valence-electron chi connectivity index (χ3n) is 18.5. The number of hydrogen-bond acceptors (Lipinski definition) is 8. The van der Waals surface area contributed by atoms with Crippen LogP contribution in [0.3, 0.4) is 0 Å². The molecular formula is C82H149NO8. The van der Waals surface area contributed by atoms with Crippen LogP contribution >= 0.6 is 0 Å². The first-order chi connectivity index (χ1) is 44.8. The number of aliphatic hydroxyl groups is 5. The second kappa shape index (κ2) is 70.2. The lowest BCUT2D eigenvalue weighted by Crippen LogP contribution is -2.60. The first-order valence-corrected chi connectivity index (χ1v) is 39.3. The molecule has 0 aromatic rings. The van der Waals surface area contributed by atoms with E-state index in [1.807, 2.05) is 0 Å². The summed E-state index contributed by atoms with van der Waals surface area (Å²) in [5.74, 6) is -0.143. The van der Waals surface area contributed by atoms with Gasteiger partial charge in [0.2, 0.25) is 5.91 Å². The quantitative estimate of drug-likeness (QED) is 0.0261. The zero-order chi connectivity index (χ0) is 65.7. The Morgan fingerprint density at radius 1 is 0.385 bits per heavy atom. The summed E-state index contributed by atoms with van der Waals surface area (Å²) >= 11 is 0. The Morgan fingerprint density at radius 2 is 0.681 bits per heavy atom. The minimum Gasteiger partial charge on any atom is -0.394 e. The molecule has 7 unspecified atom stereocenters. The van der Waals surface area contributed by atoms with Crippen molar-refractivity contribution >= 4 is 5.91 Å². The molecule has 0 spiro atoms. The van der Waals surface area contributed by atoms with Crippen LogP contribution in [0.4, 0.5) is 0 Å². The van der Waals surface area contributed by atoms with Gasteiger partial charge in [-0.25, -0.2) is 0 Å². The van der Waals surface area contributed by atoms with Gasteiger partial charge in [0.05, 0.1) is 25.4 Å². The van der Waals surface area contributed by atoms with Crippen LogP contribution in [0.5, 0.6) is 0 Å². The van der Waals surface area contributed by atoms with Gasteiger partial charge in [0.25, 0.3) is 0 Å². The molecule has 1 aliphatic heterocycles. The average molecular weight is 1280 g/mol. The summed E-state index contributed by atoms with van der Waals surface area (Å²) in [4.78, 5) is 13.2. The van der Waals surface area contributed by atoms with E-state index in [1.165, 1.54) is 263 Å². The van der Waals surface area contributed by atoms with Crippen LogP contribution in [-0.2, 0) is 14.3 Å². The van der Waals surface area contributed by atoms with Gasteiger partial charge in [0, 0.05) is 6.42 Å². The molecular weight excluding hydrogens is 1130 g/mol. The predicted molar refractivity (Wildman–Crippen MR) is 392 cm³/mol. The first kappa shape index (κ1) is 86.4. The second-order valence-corrected chi connectivity index (χ2v) is 27.1. The van der Waals surface area contributed by atoms with Crippen LogP contribution < -0.4 is 5.32 Å². The Hall–Kier alpha value is -2.63. The van der Waals surface area contributed by atoms with E-state index in [2.05, 4.69) is 104 Å². The van der Waals surface area contributed by atoms with E-state index in [9.17, 15) is 30.3 Å². The SMILES string of the molecule is CC/C=C\C/C=C\C/C=C\C/C=C\C/C=C\C/C=C\C/C=C\CCCCCCCCCCCCCCCC(=O)NC(COC1OC(CO)C(O)C(O)C1O)C(O)CCCCCCCCCCCCCCCCCCCCCCCCCCCCCCCCCCC. The zero-order valence-electron chi connectivity index (χ0n) is 59.6. The van der Waals surface area contributed by atoms with Crippen molar-refractivity contribution in [3.63, 3.8) is 0 Å². The van der Waals surface area contributed by atoms with Crippen LogP contribution in [0.2, 0.25) is 0 Å². The number of carbonyl (C=O) groups excluding carboxylic acids is 1. The topological polar surface area (TPSA) is 149 Å². The standard InChI is InChI=1S/C82H149NO8/c1-3-5-7-9-11-13-15-17-19-21-23-25-27-29-31-33-35-37-38-40-42-44-46-48-50-52-54-56-58-60-62-64-66-68-70-72-78(86)83-75(74-90-82-81(89)80(88)79(87)77(73-84)91-82)76(85)71-69-67-65-63-61-59-57-55-53-51-49-47-45-43-41-39-36-34-32-30-28-26-24-22-20-18-16-14-12-10-8-6-4-2/h5,7,11,13,17,19,23,25,29,31,35,37,40,42,75-77,79-82,84-85,87-89H,3-4,6,8-10,12,14-16,18,20-22,24,26-28,30,32-34,36,38-39,41,43-74H2,1-2H3,(H,83,86)/b7-5-,13-11-,19-17-,25-23-,31-29-,37-35-,42-40-. The van der Waals surface area contributed by atoms with Crippen molar-refractivity contribution in [2.24, 2.45) is 0 Å². The fraction of sp³-hybridized carbons (Fsp3) is 0.817. The molecule has 0 bridgehead atoms. The molecule has 1 aliphatic rings. The van der Waals surface area contributed by atoms with Gasteiger partial charge in [0.15, 0.2) is 6.29 Å². The van der Waals surface area contributed by atoms with E-state index in [1.54, 1.807) is 0 Å². The summed E-state index contributed by atoms with van der Waals surface area (Å²) in [6.07, 6.45) is 93.9. The van der Waals surface area contributed by atoms with Gasteiger partial charge in [-0.05, 0) is 70.6 Å². The molecule has 1 rings (SSSR count). The molecule has 530 valence electrons. The van der Waals surface area contributed by atoms with Gasteiger partial charge in [-0.1, -0.05) is 381 Å². The lowest BCUT2D eigenvalue weighted by Gasteiger charge is -2.40. The number of aliphatic hydroxyl groups excluding tert-OH is 5. The molecule has 0 aromatic heterocycles. The zero-order valence-corrected chi connectivity index (χ0v) is 59.6. The molecule has 91 heavy (non-hydrogen) atoms. The molecule has 9 nitrogen and oxygen atoms in total. The van der Waals surface area contributed by atoms with Crippen LogP contribution in [0, 0.1) is 0 Å². The molecule has 9 heteroatoms. The molecule has 6 N–H and O–H groups in total. The third-order valence-corrected chi connectivity index (χ3v) is 18.5. The maximum Gasteiger partial charge on any atom is 0.220 e. The van der Waals surface area contributed by atoms with Crippen molar-refractivity contribution in [1.29, 1.82) is 0 Å². The second-order valence-electron chi connectivity index (χ2n) is 27.1. The highest BCUT2D eigenvalue weighted by molar-refractivity contribution is 5.76. The molecule has 7 atom stereocenters. The number of rotatable bonds is 69. The van der Waals surface area contributed by atoms with E-state index < -0.39 is 49.5 Å². The van der Waals surface area contributed by atoms with Gasteiger partial charge < -0.3 is 40.3 Å². The van der Waals surface area contributed by atoms with Gasteiger partial charge in [0.1, 0.15) is 24.4 Å². The van der Waals surface area contributed by atoms with E-state index in [4.69, 9.17) is 9.47 Å². The Bertz CT molecular complexity index is 1720. The van der Waals surface area contributed by atoms with E-state index in [-0.39, 0.29) is 12.5 Å². The third kappa shape index (κ3) is 58.5. The molecule has 0 saturated carbocycles. The lowest BCUT2D eigenvalue weighted by molar-refractivity contribution is -0.302. The highest BCUT2D eigenvalue weighted by Crippen LogP contribution is 2.24. The fourth-order valence-corrected chi connectivity index (χ4v) is 12.4. The minimum absolute atomic E-state index is 0.139. The van der Waals surface area contributed by atoms with Crippen molar-refractivity contribution in [3.05, 3.63) is 85.1 Å². The summed E-state index contributed by atoms with van der Waals surface area (Å²) in [6.45, 7) is 3.77. The highest BCUT2D eigenvalue weighted by Gasteiger charge is 2.44. The Labute approximate surface area is 562 Å². The monoisotopic (exact) mass is 1280 g/mol. The summed E-state index contributed by atoms with van der Waals surface area (Å²) < 4.78 is 11.4. The number of nitrogens with one attached hydrogen (secondary N) is 1. The number of amides is 1. The largest absolute Gasteiger partial charge is 0.394 e. The number of ether oxygens (including phenoxy) is 2. The smallest absolute Gasteiger partial charge is 0.220 e. The number of carbonyl (C=O) groups is 1. The van der Waals surface area contributed by atoms with E-state index >= 15 is 0 Å². The van der Waals surface area contributed by atoms with Gasteiger partial charge >= 0.3 is 0 Å². The number of hydrogen-bond donors (Lipinski definition) is 6. The first-order valence-electron chi connectivity index (χ1n) is 39.3. The minimum atomic E-state index is -1.56. The Balaban J connectivity index is 2.08. The molecule has 0 aromatic carbocycles. The van der Waals surface area contributed by atoms with Crippen LogP contribution in [0.1, 0.15) is 373 Å². The number of unbranched alkanes of at least 4 members (excludes halogenated alkanes) is 45. The normalized spacial score (nSPS) is 18.2. The predicted octanol–water partition coefficient (Wildman–Crippen LogP) is 22.4. The molecule has 0 radical (unpaired) electrons. The van der Waals surface area contributed by atoms with Crippen LogP contribution in [0.15, 0.2) is 85.1 Å². The number of allylic oxidation sites excluding steroid dienone is 14. The molecule has 1 amide bonds. The summed E-state index contributed by atoms with van der Waals surface area (Å²) in [7, 11) is 0. The van der Waals surface area contributed by atoms with Crippen LogP contribution in [0.25, 0.3) is 0 Å². The van der Waals surface area contributed by atoms with Gasteiger partial charge in [-0.15, -0.1) is 0 Å². The highest BCUT2D eigenvalue weighted by atomic mass is 16.7. The van der Waals surface area contributed by atoms with Crippen molar-refractivity contribution < 1.29 is 39.8 Å². The molecule has 1 fully saturated rings. The molecule has 0 aliphatic carbocycles. The molecule has 1 saturated heterocycles. The van der Waals surface area contributed by atoms with Crippen molar-refractivity contribution in [1.82, 2.24) is 5.32 Å². The van der Waals surface area contributed by atoms with Gasteiger partial charge in [-0.2, -0.15) is 0 Å². The van der Waals surface area contributed by atoms with Crippen molar-refractivity contribution in [2.75, 3.05) is 13.2 Å². The summed E-state index contributed by atoms with van der Waals surface area (Å²) in [6, 6.07) is -0.726. The Kier molecular flexibility index (Phi) is 66.6. The Morgan fingerprint density at radius 3 is 1.01 bits per heavy atom.